The summed E-state index contributed by atoms with van der Waals surface area (Å²) < 4.78 is 34.8. The van der Waals surface area contributed by atoms with Gasteiger partial charge < -0.3 is 4.90 Å². The van der Waals surface area contributed by atoms with Crippen LogP contribution in [0, 0.1) is 12.8 Å². The Kier molecular flexibility index (Phi) is 3.96. The van der Waals surface area contributed by atoms with Crippen molar-refractivity contribution in [3.8, 4) is 0 Å². The second-order valence-corrected chi connectivity index (χ2v) is 6.95. The zero-order chi connectivity index (χ0) is 14.2. The summed E-state index contributed by atoms with van der Waals surface area (Å²) in [6.45, 7) is 2.10. The summed E-state index contributed by atoms with van der Waals surface area (Å²) in [7, 11) is -4.55. The fraction of sp³-hybridized carbons (Fsp3) is 0.417. The Morgan fingerprint density at radius 1 is 1.47 bits per heavy atom. The zero-order valence-corrected chi connectivity index (χ0v) is 12.7. The van der Waals surface area contributed by atoms with Crippen molar-refractivity contribution in [2.24, 2.45) is 5.92 Å². The minimum absolute atomic E-state index is 0.0594. The van der Waals surface area contributed by atoms with Crippen LogP contribution in [0.1, 0.15) is 12.0 Å². The molecule has 1 atom stereocenters. The third kappa shape index (κ3) is 3.33. The van der Waals surface area contributed by atoms with E-state index in [1.807, 2.05) is 25.1 Å². The van der Waals surface area contributed by atoms with E-state index in [0.29, 0.717) is 0 Å². The number of carbonyl (C=O) groups is 1. The molecule has 1 aliphatic heterocycles. The highest BCUT2D eigenvalue weighted by molar-refractivity contribution is 9.10. The van der Waals surface area contributed by atoms with Gasteiger partial charge >= 0.3 is 10.2 Å². The summed E-state index contributed by atoms with van der Waals surface area (Å²) in [5.41, 5.74) is 1.64. The van der Waals surface area contributed by atoms with Gasteiger partial charge in [-0.1, -0.05) is 12.1 Å². The van der Waals surface area contributed by atoms with Gasteiger partial charge in [0.1, 0.15) is 0 Å². The van der Waals surface area contributed by atoms with Crippen LogP contribution in [0.5, 0.6) is 0 Å². The third-order valence-corrected chi connectivity index (χ3v) is 4.61. The minimum atomic E-state index is -4.55. The van der Waals surface area contributed by atoms with Gasteiger partial charge in [0.15, 0.2) is 0 Å². The molecule has 1 aromatic carbocycles. The lowest BCUT2D eigenvalue weighted by Gasteiger charge is -2.20. The molecule has 0 saturated carbocycles. The van der Waals surface area contributed by atoms with Gasteiger partial charge in [0.05, 0.1) is 11.4 Å². The molecule has 0 N–H and O–H groups in total. The average molecular weight is 350 g/mol. The number of para-hydroxylation sites is 1. The molecule has 2 rings (SSSR count). The second-order valence-electron chi connectivity index (χ2n) is 4.69. The van der Waals surface area contributed by atoms with E-state index in [0.717, 1.165) is 15.7 Å². The highest BCUT2D eigenvalue weighted by Gasteiger charge is 2.34. The summed E-state index contributed by atoms with van der Waals surface area (Å²) in [6, 6.07) is 5.54. The molecule has 1 amide bonds. The van der Waals surface area contributed by atoms with E-state index in [2.05, 4.69) is 15.9 Å². The molecule has 0 aromatic heterocycles. The third-order valence-electron chi connectivity index (χ3n) is 3.10. The average Bonchev–Trinajstić information content (AvgIpc) is 2.56. The fourth-order valence-electron chi connectivity index (χ4n) is 2.36. The van der Waals surface area contributed by atoms with Gasteiger partial charge in [-0.3, -0.25) is 4.79 Å². The SMILES string of the molecule is Cc1cccc(Br)c1N1CC(CS(=O)(=O)F)CC1=O. The van der Waals surface area contributed by atoms with Crippen molar-refractivity contribution in [1.82, 2.24) is 0 Å². The van der Waals surface area contributed by atoms with Crippen LogP contribution in [0.25, 0.3) is 0 Å². The molecule has 19 heavy (non-hydrogen) atoms. The van der Waals surface area contributed by atoms with Crippen LogP contribution in [-0.2, 0) is 15.0 Å². The van der Waals surface area contributed by atoms with Gasteiger partial charge in [-0.2, -0.15) is 8.42 Å². The first-order valence-corrected chi connectivity index (χ1v) is 8.10. The number of anilines is 1. The monoisotopic (exact) mass is 349 g/mol. The van der Waals surface area contributed by atoms with Gasteiger partial charge in [0.2, 0.25) is 5.91 Å². The summed E-state index contributed by atoms with van der Waals surface area (Å²) in [5, 5.41) is 0. The number of hydrogen-bond acceptors (Lipinski definition) is 3. The van der Waals surface area contributed by atoms with E-state index in [1.54, 1.807) is 0 Å². The Morgan fingerprint density at radius 2 is 2.16 bits per heavy atom. The molecular formula is C12H13BrFNO3S. The fourth-order valence-corrected chi connectivity index (χ4v) is 3.82. The van der Waals surface area contributed by atoms with Crippen LogP contribution in [-0.4, -0.2) is 26.6 Å². The van der Waals surface area contributed by atoms with E-state index in [9.17, 15) is 17.1 Å². The first-order valence-electron chi connectivity index (χ1n) is 5.76. The van der Waals surface area contributed by atoms with Crippen LogP contribution in [0.3, 0.4) is 0 Å². The maximum absolute atomic E-state index is 12.7. The van der Waals surface area contributed by atoms with E-state index < -0.39 is 21.9 Å². The Labute approximate surface area is 119 Å². The molecule has 4 nitrogen and oxygen atoms in total. The highest BCUT2D eigenvalue weighted by atomic mass is 79.9. The van der Waals surface area contributed by atoms with Gasteiger partial charge in [-0.25, -0.2) is 0 Å². The van der Waals surface area contributed by atoms with E-state index in [1.165, 1.54) is 4.90 Å². The molecule has 0 bridgehead atoms. The lowest BCUT2D eigenvalue weighted by atomic mass is 10.1. The van der Waals surface area contributed by atoms with Gasteiger partial charge in [0.25, 0.3) is 0 Å². The molecule has 7 heteroatoms. The summed E-state index contributed by atoms with van der Waals surface area (Å²) in [4.78, 5) is 13.5. The molecule has 0 radical (unpaired) electrons. The molecule has 1 heterocycles. The van der Waals surface area contributed by atoms with Gasteiger partial charge in [-0.15, -0.1) is 3.89 Å². The Morgan fingerprint density at radius 3 is 2.74 bits per heavy atom. The van der Waals surface area contributed by atoms with E-state index >= 15 is 0 Å². The van der Waals surface area contributed by atoms with Crippen molar-refractivity contribution < 1.29 is 17.1 Å². The molecule has 1 saturated heterocycles. The molecule has 104 valence electrons. The minimum Gasteiger partial charge on any atom is -0.311 e. The molecule has 1 unspecified atom stereocenters. The van der Waals surface area contributed by atoms with Crippen LogP contribution < -0.4 is 4.90 Å². The van der Waals surface area contributed by atoms with Crippen LogP contribution in [0.4, 0.5) is 9.57 Å². The zero-order valence-electron chi connectivity index (χ0n) is 10.3. The van der Waals surface area contributed by atoms with E-state index in [4.69, 9.17) is 0 Å². The Hall–Kier alpha value is -0.950. The lowest BCUT2D eigenvalue weighted by Crippen LogP contribution is -2.26. The van der Waals surface area contributed by atoms with Crippen LogP contribution >= 0.6 is 15.9 Å². The number of amides is 1. The number of nitrogens with zero attached hydrogens (tertiary/aromatic N) is 1. The summed E-state index contributed by atoms with van der Waals surface area (Å²) >= 11 is 3.38. The number of aryl methyl sites for hydroxylation is 1. The van der Waals surface area contributed by atoms with Crippen molar-refractivity contribution in [2.75, 3.05) is 17.2 Å². The number of halogens is 2. The lowest BCUT2D eigenvalue weighted by molar-refractivity contribution is -0.117. The number of benzene rings is 1. The van der Waals surface area contributed by atoms with Gasteiger partial charge in [-0.05, 0) is 34.5 Å². The quantitative estimate of drug-likeness (QED) is 0.787. The predicted octanol–water partition coefficient (Wildman–Crippen LogP) is 2.41. The van der Waals surface area contributed by atoms with Gasteiger partial charge in [0, 0.05) is 23.4 Å². The predicted molar refractivity (Wildman–Crippen MR) is 74.2 cm³/mol. The van der Waals surface area contributed by atoms with Crippen molar-refractivity contribution >= 4 is 37.7 Å². The smallest absolute Gasteiger partial charge is 0.302 e. The largest absolute Gasteiger partial charge is 0.311 e. The van der Waals surface area contributed by atoms with E-state index in [-0.39, 0.29) is 18.9 Å². The molecular weight excluding hydrogens is 337 g/mol. The number of rotatable bonds is 3. The standard InChI is InChI=1S/C12H13BrFNO3S/c1-8-3-2-4-10(13)12(8)15-6-9(5-11(15)16)7-19(14,17)18/h2-4,9H,5-7H2,1H3. The first kappa shape index (κ1) is 14.5. The van der Waals surface area contributed by atoms with Crippen LogP contribution in [0.15, 0.2) is 22.7 Å². The molecule has 1 aromatic rings. The normalized spacial score (nSPS) is 20.1. The molecule has 0 aliphatic carbocycles. The maximum Gasteiger partial charge on any atom is 0.302 e. The van der Waals surface area contributed by atoms with Crippen molar-refractivity contribution in [3.05, 3.63) is 28.2 Å². The Balaban J connectivity index is 2.26. The molecule has 1 aliphatic rings. The highest BCUT2D eigenvalue weighted by Crippen LogP contribution is 2.34. The summed E-state index contributed by atoms with van der Waals surface area (Å²) in [5.74, 6) is -1.27. The first-order chi connectivity index (χ1) is 8.78. The maximum atomic E-state index is 12.7. The Bertz CT molecular complexity index is 597. The van der Waals surface area contributed by atoms with Crippen molar-refractivity contribution in [3.63, 3.8) is 0 Å². The number of hydrogen-bond donors (Lipinski definition) is 0. The van der Waals surface area contributed by atoms with Crippen LogP contribution in [0.2, 0.25) is 0 Å². The summed E-state index contributed by atoms with van der Waals surface area (Å²) in [6.07, 6.45) is 0.0594. The topological polar surface area (TPSA) is 54.5 Å². The number of carbonyl (C=O) groups excluding carboxylic acids is 1. The van der Waals surface area contributed by atoms with Crippen molar-refractivity contribution in [1.29, 1.82) is 0 Å². The molecule has 1 fully saturated rings. The second kappa shape index (κ2) is 5.20. The van der Waals surface area contributed by atoms with Crippen molar-refractivity contribution in [2.45, 2.75) is 13.3 Å². The molecule has 0 spiro atoms.